The van der Waals surface area contributed by atoms with Gasteiger partial charge in [-0.2, -0.15) is 0 Å². The van der Waals surface area contributed by atoms with Crippen LogP contribution in [0.2, 0.25) is 30.1 Å². The number of methoxy groups -OCH3 is 1. The molecule has 4 aromatic rings. The SMILES string of the molecule is C.C.COC(=O)c1cc(Cl)cc(COc2ccc(Cl)cc2Cl)c1.O=C(O)c1cc(Cl)cc(COc2ccc(Cl)cc2Cl)c1. The number of carboxylic acid groups (broad SMARTS) is 1. The lowest BCUT2D eigenvalue weighted by Crippen LogP contribution is -2.03. The summed E-state index contributed by atoms with van der Waals surface area (Å²) >= 11 is 35.4. The van der Waals surface area contributed by atoms with Crippen molar-refractivity contribution in [3.8, 4) is 11.5 Å². The molecule has 12 heteroatoms. The van der Waals surface area contributed by atoms with Gasteiger partial charge in [0.15, 0.2) is 0 Å². The first kappa shape index (κ1) is 38.2. The fourth-order valence-corrected chi connectivity index (χ4v) is 4.77. The van der Waals surface area contributed by atoms with Crippen LogP contribution in [0.5, 0.6) is 11.5 Å². The minimum Gasteiger partial charge on any atom is -0.487 e. The third-order valence-corrected chi connectivity index (χ3v) is 6.66. The molecule has 4 rings (SSSR count). The van der Waals surface area contributed by atoms with Crippen molar-refractivity contribution >= 4 is 81.5 Å². The van der Waals surface area contributed by atoms with Crippen LogP contribution in [0.1, 0.15) is 46.7 Å². The molecule has 43 heavy (non-hydrogen) atoms. The van der Waals surface area contributed by atoms with Crippen LogP contribution in [0.15, 0.2) is 72.8 Å². The summed E-state index contributed by atoms with van der Waals surface area (Å²) in [6.07, 6.45) is 0. The Morgan fingerprint density at radius 2 is 1.02 bits per heavy atom. The van der Waals surface area contributed by atoms with Crippen molar-refractivity contribution in [2.45, 2.75) is 28.1 Å². The number of hydrogen-bond donors (Lipinski definition) is 1. The Labute approximate surface area is 280 Å². The predicted molar refractivity (Wildman–Crippen MR) is 176 cm³/mol. The predicted octanol–water partition coefficient (Wildman–Crippen LogP) is 11.2. The Morgan fingerprint density at radius 1 is 0.605 bits per heavy atom. The molecular formula is C31H28Cl6O6. The molecule has 0 heterocycles. The summed E-state index contributed by atoms with van der Waals surface area (Å²) in [5, 5.41) is 11.6. The smallest absolute Gasteiger partial charge is 0.337 e. The van der Waals surface area contributed by atoms with Gasteiger partial charge in [0, 0.05) is 20.1 Å². The summed E-state index contributed by atoms with van der Waals surface area (Å²) < 4.78 is 15.8. The van der Waals surface area contributed by atoms with Gasteiger partial charge in [-0.1, -0.05) is 84.5 Å². The highest BCUT2D eigenvalue weighted by atomic mass is 35.5. The lowest BCUT2D eigenvalue weighted by molar-refractivity contribution is 0.0599. The number of halogens is 6. The molecule has 0 atom stereocenters. The molecule has 6 nitrogen and oxygen atoms in total. The Bertz CT molecular complexity index is 1560. The second-order valence-electron chi connectivity index (χ2n) is 8.22. The first-order valence-corrected chi connectivity index (χ1v) is 13.8. The summed E-state index contributed by atoms with van der Waals surface area (Å²) in [5.41, 5.74) is 1.85. The lowest BCUT2D eigenvalue weighted by atomic mass is 10.1. The molecule has 0 spiro atoms. The summed E-state index contributed by atoms with van der Waals surface area (Å²) in [4.78, 5) is 22.5. The van der Waals surface area contributed by atoms with E-state index in [4.69, 9.17) is 84.2 Å². The van der Waals surface area contributed by atoms with E-state index in [1.165, 1.54) is 25.3 Å². The fraction of sp³-hybridized carbons (Fsp3) is 0.161. The van der Waals surface area contributed by atoms with E-state index in [1.54, 1.807) is 54.6 Å². The van der Waals surface area contributed by atoms with Gasteiger partial charge in [0.25, 0.3) is 0 Å². The molecule has 0 aliphatic carbocycles. The Balaban J connectivity index is 0.000000411. The van der Waals surface area contributed by atoms with Crippen LogP contribution in [-0.4, -0.2) is 24.2 Å². The van der Waals surface area contributed by atoms with Crippen LogP contribution in [0.3, 0.4) is 0 Å². The second kappa shape index (κ2) is 18.1. The van der Waals surface area contributed by atoms with Gasteiger partial charge in [0.1, 0.15) is 24.7 Å². The molecule has 0 aliphatic heterocycles. The Kier molecular flexibility index (Phi) is 16.1. The number of benzene rings is 4. The first-order chi connectivity index (χ1) is 19.4. The van der Waals surface area contributed by atoms with E-state index in [1.807, 2.05) is 0 Å². The fourth-order valence-electron chi connectivity index (χ4n) is 3.33. The van der Waals surface area contributed by atoms with Crippen LogP contribution in [0.25, 0.3) is 0 Å². The van der Waals surface area contributed by atoms with Crippen molar-refractivity contribution in [3.05, 3.63) is 125 Å². The van der Waals surface area contributed by atoms with E-state index < -0.39 is 11.9 Å². The average molecular weight is 709 g/mol. The number of hydrogen-bond acceptors (Lipinski definition) is 5. The van der Waals surface area contributed by atoms with Gasteiger partial charge in [0.05, 0.1) is 28.3 Å². The molecule has 0 unspecified atom stereocenters. The molecule has 0 fully saturated rings. The minimum atomic E-state index is -1.04. The second-order valence-corrected chi connectivity index (χ2v) is 10.8. The highest BCUT2D eigenvalue weighted by Gasteiger charge is 2.10. The van der Waals surface area contributed by atoms with Crippen LogP contribution in [0, 0.1) is 0 Å². The van der Waals surface area contributed by atoms with Gasteiger partial charge in [-0.05, 0) is 83.9 Å². The summed E-state index contributed by atoms with van der Waals surface area (Å²) in [7, 11) is 1.31. The average Bonchev–Trinajstić information content (AvgIpc) is 2.91. The van der Waals surface area contributed by atoms with Crippen molar-refractivity contribution in [3.63, 3.8) is 0 Å². The zero-order chi connectivity index (χ0) is 30.1. The quantitative estimate of drug-likeness (QED) is 0.183. The number of carbonyl (C=O) groups is 2. The van der Waals surface area contributed by atoms with Gasteiger partial charge < -0.3 is 19.3 Å². The topological polar surface area (TPSA) is 82.1 Å². The minimum absolute atomic E-state index is 0. The molecule has 4 aromatic carbocycles. The van der Waals surface area contributed by atoms with Crippen LogP contribution >= 0.6 is 69.6 Å². The molecule has 0 radical (unpaired) electrons. The van der Waals surface area contributed by atoms with Gasteiger partial charge >= 0.3 is 11.9 Å². The third-order valence-electron chi connectivity index (χ3n) is 5.16. The van der Waals surface area contributed by atoms with E-state index in [2.05, 4.69) is 4.74 Å². The zero-order valence-electron chi connectivity index (χ0n) is 21.1. The monoisotopic (exact) mass is 706 g/mol. The molecule has 0 saturated heterocycles. The van der Waals surface area contributed by atoms with E-state index in [-0.39, 0.29) is 33.6 Å². The van der Waals surface area contributed by atoms with Crippen molar-refractivity contribution in [1.82, 2.24) is 0 Å². The number of rotatable bonds is 8. The van der Waals surface area contributed by atoms with Crippen LogP contribution in [0.4, 0.5) is 0 Å². The standard InChI is InChI=1S/C15H11Cl3O3.C14H9Cl3O3.2CH4/c1-20-15(19)10-4-9(5-12(17)6-10)8-21-14-3-2-11(16)7-13(14)18;15-10-1-2-13(12(17)6-10)20-7-8-3-9(14(18)19)5-11(16)4-8;;/h2-7H,8H2,1H3;1-6H,7H2,(H,18,19);2*1H4. The van der Waals surface area contributed by atoms with Gasteiger partial charge in [-0.15, -0.1) is 0 Å². The molecule has 0 aliphatic rings. The molecule has 0 bridgehead atoms. The summed E-state index contributed by atoms with van der Waals surface area (Å²) in [5.74, 6) is -0.532. The summed E-state index contributed by atoms with van der Waals surface area (Å²) in [6.45, 7) is 0.369. The van der Waals surface area contributed by atoms with E-state index in [0.29, 0.717) is 52.8 Å². The van der Waals surface area contributed by atoms with E-state index in [9.17, 15) is 9.59 Å². The Hall–Kier alpha value is -2.84. The number of carboxylic acids is 1. The van der Waals surface area contributed by atoms with Gasteiger partial charge in [0.2, 0.25) is 0 Å². The van der Waals surface area contributed by atoms with Crippen molar-refractivity contribution in [1.29, 1.82) is 0 Å². The first-order valence-electron chi connectivity index (χ1n) is 11.5. The van der Waals surface area contributed by atoms with E-state index in [0.717, 1.165) is 5.56 Å². The number of carbonyl (C=O) groups excluding carboxylic acids is 1. The highest BCUT2D eigenvalue weighted by molar-refractivity contribution is 6.36. The van der Waals surface area contributed by atoms with Crippen molar-refractivity contribution in [2.75, 3.05) is 7.11 Å². The number of ether oxygens (including phenoxy) is 3. The molecular weight excluding hydrogens is 681 g/mol. The van der Waals surface area contributed by atoms with Gasteiger partial charge in [-0.25, -0.2) is 9.59 Å². The van der Waals surface area contributed by atoms with Crippen LogP contribution in [-0.2, 0) is 18.0 Å². The zero-order valence-corrected chi connectivity index (χ0v) is 25.6. The normalized spacial score (nSPS) is 9.84. The van der Waals surface area contributed by atoms with Crippen molar-refractivity contribution < 1.29 is 28.9 Å². The molecule has 0 amide bonds. The lowest BCUT2D eigenvalue weighted by Gasteiger charge is -2.10. The maximum absolute atomic E-state index is 11.5. The van der Waals surface area contributed by atoms with E-state index >= 15 is 0 Å². The van der Waals surface area contributed by atoms with Gasteiger partial charge in [-0.3, -0.25) is 0 Å². The molecule has 1 N–H and O–H groups in total. The Morgan fingerprint density at radius 3 is 1.42 bits per heavy atom. The van der Waals surface area contributed by atoms with Crippen LogP contribution < -0.4 is 9.47 Å². The molecule has 230 valence electrons. The van der Waals surface area contributed by atoms with Crippen molar-refractivity contribution in [2.24, 2.45) is 0 Å². The third kappa shape index (κ3) is 12.0. The number of esters is 1. The highest BCUT2D eigenvalue weighted by Crippen LogP contribution is 2.30. The maximum Gasteiger partial charge on any atom is 0.337 e. The number of aromatic carboxylic acids is 1. The summed E-state index contributed by atoms with van der Waals surface area (Å²) in [6, 6.07) is 19.2. The maximum atomic E-state index is 11.5. The molecule has 0 saturated carbocycles. The molecule has 0 aromatic heterocycles. The largest absolute Gasteiger partial charge is 0.487 e.